The van der Waals surface area contributed by atoms with E-state index in [4.69, 9.17) is 16.3 Å². The minimum absolute atomic E-state index is 0.0641. The van der Waals surface area contributed by atoms with Gasteiger partial charge in [-0.25, -0.2) is 4.79 Å². The molecule has 1 aliphatic carbocycles. The van der Waals surface area contributed by atoms with Gasteiger partial charge in [0.15, 0.2) is 0 Å². The van der Waals surface area contributed by atoms with Gasteiger partial charge in [-0.05, 0) is 61.1 Å². The zero-order valence-corrected chi connectivity index (χ0v) is 20.6. The molecule has 9 nitrogen and oxygen atoms in total. The van der Waals surface area contributed by atoms with Crippen molar-refractivity contribution in [2.75, 3.05) is 27.4 Å². The summed E-state index contributed by atoms with van der Waals surface area (Å²) in [6.07, 6.45) is 0.693. The summed E-state index contributed by atoms with van der Waals surface area (Å²) in [5.41, 5.74) is 2.75. The summed E-state index contributed by atoms with van der Waals surface area (Å²) in [5.74, 6) is -3.98. The van der Waals surface area contributed by atoms with Crippen molar-refractivity contribution in [1.82, 2.24) is 4.90 Å². The molecule has 0 aromatic heterocycles. The second-order valence-corrected chi connectivity index (χ2v) is 9.26. The number of carbonyl (C=O) groups excluding carboxylic acids is 3. The molecule has 0 saturated carbocycles. The average Bonchev–Trinajstić information content (AvgIpc) is 3.07. The van der Waals surface area contributed by atoms with Gasteiger partial charge < -0.3 is 24.8 Å². The Bertz CT molecular complexity index is 1070. The minimum Gasteiger partial charge on any atom is -0.508 e. The molecule has 1 saturated heterocycles. The average molecular weight is 508 g/mol. The first-order valence-corrected chi connectivity index (χ1v) is 11.6. The molecule has 1 heterocycles. The number of hydrogen-bond acceptors (Lipinski definition) is 8. The van der Waals surface area contributed by atoms with E-state index in [-0.39, 0.29) is 25.2 Å². The molecular formula is C25H30ClNO8. The van der Waals surface area contributed by atoms with Gasteiger partial charge in [0.05, 0.1) is 43.3 Å². The summed E-state index contributed by atoms with van der Waals surface area (Å²) >= 11 is 6.17. The first-order valence-electron chi connectivity index (χ1n) is 11.3. The van der Waals surface area contributed by atoms with Crippen molar-refractivity contribution in [2.45, 2.75) is 32.3 Å². The largest absolute Gasteiger partial charge is 0.508 e. The van der Waals surface area contributed by atoms with Crippen LogP contribution in [0.2, 0.25) is 5.02 Å². The highest BCUT2D eigenvalue weighted by Gasteiger charge is 2.57. The smallest absolute Gasteiger partial charge is 0.423 e. The molecule has 1 aromatic rings. The van der Waals surface area contributed by atoms with Crippen molar-refractivity contribution in [3.05, 3.63) is 45.5 Å². The van der Waals surface area contributed by atoms with Crippen LogP contribution in [0.25, 0.3) is 6.08 Å². The van der Waals surface area contributed by atoms with Crippen LogP contribution in [0.15, 0.2) is 34.9 Å². The third kappa shape index (κ3) is 5.43. The molecule has 190 valence electrons. The summed E-state index contributed by atoms with van der Waals surface area (Å²) in [6.45, 7) is 1.52. The van der Waals surface area contributed by atoms with Crippen LogP contribution in [0.4, 0.5) is 4.79 Å². The fourth-order valence-electron chi connectivity index (χ4n) is 5.03. The number of phenols is 1. The Hall–Kier alpha value is -2.72. The number of nitrogens with zero attached hydrogens (tertiary/aromatic N) is 1. The van der Waals surface area contributed by atoms with E-state index in [0.29, 0.717) is 27.5 Å². The standard InChI is InChI=1S/C25H30ClNO8/c1-13(8-14-5-6-16(29)10-19(14)26)4-7-20(30)21-15(12-34-2)9-17-22(18(21)11-28)24(32)27(23(17)31)25(33)35-3/h5-6,8,10,17-18,20,22,28-30H,4,7,9,11-12H2,1-3H3/b13-8+/t17-,18+,20-,22-/m1/s1. The first-order chi connectivity index (χ1) is 16.6. The number of methoxy groups -OCH3 is 2. The van der Waals surface area contributed by atoms with E-state index >= 15 is 0 Å². The fourth-order valence-corrected chi connectivity index (χ4v) is 5.26. The van der Waals surface area contributed by atoms with E-state index in [1.807, 2.05) is 13.0 Å². The van der Waals surface area contributed by atoms with E-state index < -0.39 is 48.4 Å². The third-order valence-electron chi connectivity index (χ3n) is 6.61. The number of phenolic OH excluding ortho intramolecular Hbond substituents is 1. The number of rotatable bonds is 8. The Balaban J connectivity index is 1.85. The van der Waals surface area contributed by atoms with Gasteiger partial charge in [-0.15, -0.1) is 0 Å². The first kappa shape index (κ1) is 26.9. The summed E-state index contributed by atoms with van der Waals surface area (Å²) in [6, 6.07) is 4.66. The molecule has 0 spiro atoms. The van der Waals surface area contributed by atoms with E-state index in [2.05, 4.69) is 4.74 Å². The molecule has 1 aromatic carbocycles. The lowest BCUT2D eigenvalue weighted by atomic mass is 9.68. The third-order valence-corrected chi connectivity index (χ3v) is 6.94. The molecule has 0 radical (unpaired) electrons. The Morgan fingerprint density at radius 3 is 2.60 bits per heavy atom. The van der Waals surface area contributed by atoms with Crippen LogP contribution in [0.5, 0.6) is 5.75 Å². The number of amides is 3. The monoisotopic (exact) mass is 507 g/mol. The zero-order valence-electron chi connectivity index (χ0n) is 19.9. The van der Waals surface area contributed by atoms with Gasteiger partial charge in [-0.3, -0.25) is 9.59 Å². The van der Waals surface area contributed by atoms with Crippen molar-refractivity contribution < 1.29 is 39.2 Å². The van der Waals surface area contributed by atoms with Crippen LogP contribution in [-0.2, 0) is 19.1 Å². The number of carbonyl (C=O) groups is 3. The number of fused-ring (bicyclic) bond motifs is 1. The lowest BCUT2D eigenvalue weighted by Crippen LogP contribution is -2.40. The zero-order chi connectivity index (χ0) is 25.9. The predicted octanol–water partition coefficient (Wildman–Crippen LogP) is 2.91. The number of aliphatic hydroxyl groups excluding tert-OH is 2. The molecule has 35 heavy (non-hydrogen) atoms. The van der Waals surface area contributed by atoms with Gasteiger partial charge in [0.2, 0.25) is 11.8 Å². The SMILES string of the molecule is COCC1=C([C@H](O)CC/C(C)=C/c2ccc(O)cc2Cl)[C@H](CO)[C@@H]2C(=O)N(C(=O)OC)C(=O)[C@@H]2C1. The number of imide groups is 3. The lowest BCUT2D eigenvalue weighted by Gasteiger charge is -2.36. The number of halogens is 1. The summed E-state index contributed by atoms with van der Waals surface area (Å²) in [4.78, 5) is 38.4. The second kappa shape index (κ2) is 11.3. The molecule has 3 rings (SSSR count). The maximum absolute atomic E-state index is 13.0. The Morgan fingerprint density at radius 2 is 2.00 bits per heavy atom. The molecule has 10 heteroatoms. The maximum atomic E-state index is 13.0. The molecule has 2 aliphatic rings. The van der Waals surface area contributed by atoms with E-state index in [1.54, 1.807) is 6.07 Å². The highest BCUT2D eigenvalue weighted by atomic mass is 35.5. The summed E-state index contributed by atoms with van der Waals surface area (Å²) in [5, 5.41) is 31.3. The minimum atomic E-state index is -1.06. The van der Waals surface area contributed by atoms with Crippen molar-refractivity contribution in [2.24, 2.45) is 17.8 Å². The number of likely N-dealkylation sites (tertiary alicyclic amines) is 1. The molecule has 3 N–H and O–H groups in total. The van der Waals surface area contributed by atoms with Crippen molar-refractivity contribution >= 4 is 35.6 Å². The van der Waals surface area contributed by atoms with Crippen LogP contribution < -0.4 is 0 Å². The highest BCUT2D eigenvalue weighted by Crippen LogP contribution is 2.46. The molecule has 1 aliphatic heterocycles. The predicted molar refractivity (Wildman–Crippen MR) is 127 cm³/mol. The van der Waals surface area contributed by atoms with Gasteiger partial charge in [0.1, 0.15) is 5.75 Å². The van der Waals surface area contributed by atoms with Crippen molar-refractivity contribution in [1.29, 1.82) is 0 Å². The molecular weight excluding hydrogens is 478 g/mol. The maximum Gasteiger partial charge on any atom is 0.423 e. The van der Waals surface area contributed by atoms with Gasteiger partial charge in [-0.2, -0.15) is 4.90 Å². The number of hydrogen-bond donors (Lipinski definition) is 3. The van der Waals surface area contributed by atoms with Crippen LogP contribution in [0, 0.1) is 17.8 Å². The van der Waals surface area contributed by atoms with Crippen LogP contribution >= 0.6 is 11.6 Å². The number of aromatic hydroxyl groups is 1. The van der Waals surface area contributed by atoms with E-state index in [9.17, 15) is 29.7 Å². The van der Waals surface area contributed by atoms with Gasteiger partial charge >= 0.3 is 6.09 Å². The summed E-state index contributed by atoms with van der Waals surface area (Å²) in [7, 11) is 2.56. The molecule has 0 unspecified atom stereocenters. The molecule has 0 bridgehead atoms. The molecule has 4 atom stereocenters. The number of benzene rings is 1. The lowest BCUT2D eigenvalue weighted by molar-refractivity contribution is -0.137. The van der Waals surface area contributed by atoms with Gasteiger partial charge in [0.25, 0.3) is 0 Å². The van der Waals surface area contributed by atoms with Gasteiger partial charge in [0, 0.05) is 13.0 Å². The van der Waals surface area contributed by atoms with Crippen LogP contribution in [0.3, 0.4) is 0 Å². The topological polar surface area (TPSA) is 134 Å². The fraction of sp³-hybridized carbons (Fsp3) is 0.480. The van der Waals surface area contributed by atoms with Crippen LogP contribution in [-0.4, -0.2) is 71.7 Å². The second-order valence-electron chi connectivity index (χ2n) is 8.85. The number of ether oxygens (including phenoxy) is 2. The summed E-state index contributed by atoms with van der Waals surface area (Å²) < 4.78 is 9.88. The van der Waals surface area contributed by atoms with Crippen LogP contribution in [0.1, 0.15) is 31.7 Å². The van der Waals surface area contributed by atoms with Crippen molar-refractivity contribution in [3.63, 3.8) is 0 Å². The Labute approximate surface area is 208 Å². The number of allylic oxidation sites excluding steroid dienone is 1. The van der Waals surface area contributed by atoms with Gasteiger partial charge in [-0.1, -0.05) is 23.3 Å². The number of aliphatic hydroxyl groups is 2. The van der Waals surface area contributed by atoms with E-state index in [0.717, 1.165) is 18.2 Å². The highest BCUT2D eigenvalue weighted by molar-refractivity contribution is 6.32. The molecule has 1 fully saturated rings. The normalized spacial score (nSPS) is 23.5. The Morgan fingerprint density at radius 1 is 1.29 bits per heavy atom. The van der Waals surface area contributed by atoms with E-state index in [1.165, 1.54) is 19.2 Å². The van der Waals surface area contributed by atoms with Crippen molar-refractivity contribution in [3.8, 4) is 5.75 Å². The molecule has 3 amide bonds. The quantitative estimate of drug-likeness (QED) is 0.361. The Kier molecular flexibility index (Phi) is 8.71.